The second-order valence-electron chi connectivity index (χ2n) is 4.65. The molecule has 0 aliphatic heterocycles. The first kappa shape index (κ1) is 16.0. The van der Waals surface area contributed by atoms with Crippen LogP contribution in [0.2, 0.25) is 5.02 Å². The van der Waals surface area contributed by atoms with Crippen molar-refractivity contribution in [3.8, 4) is 0 Å². The van der Waals surface area contributed by atoms with Gasteiger partial charge in [0, 0.05) is 23.2 Å². The van der Waals surface area contributed by atoms with Gasteiger partial charge in [-0.2, -0.15) is 0 Å². The highest BCUT2D eigenvalue weighted by molar-refractivity contribution is 6.31. The summed E-state index contributed by atoms with van der Waals surface area (Å²) in [6, 6.07) is 5.48. The second-order valence-corrected chi connectivity index (χ2v) is 5.09. The van der Waals surface area contributed by atoms with E-state index in [0.717, 1.165) is 18.4 Å². The van der Waals surface area contributed by atoms with Crippen LogP contribution in [0, 0.1) is 6.92 Å². The molecular formula is C15H22ClNO2. The molecule has 4 heteroatoms. The SMILES string of the molecule is CCC(CC)N(CCO)C(=O)c1cc(Cl)ccc1C. The quantitative estimate of drug-likeness (QED) is 0.870. The standard InChI is InChI=1S/C15H22ClNO2/c1-4-13(5-2)17(8-9-18)15(19)14-10-12(16)7-6-11(14)3/h6-7,10,13,18H,4-5,8-9H2,1-3H3. The minimum Gasteiger partial charge on any atom is -0.395 e. The zero-order chi connectivity index (χ0) is 14.4. The molecule has 0 aliphatic rings. The molecule has 1 aromatic rings. The predicted octanol–water partition coefficient (Wildman–Crippen LogP) is 3.27. The summed E-state index contributed by atoms with van der Waals surface area (Å²) in [4.78, 5) is 14.4. The molecule has 0 fully saturated rings. The summed E-state index contributed by atoms with van der Waals surface area (Å²) >= 11 is 5.97. The summed E-state index contributed by atoms with van der Waals surface area (Å²) in [5.74, 6) is -0.0530. The van der Waals surface area contributed by atoms with Gasteiger partial charge in [-0.25, -0.2) is 0 Å². The van der Waals surface area contributed by atoms with Crippen LogP contribution >= 0.6 is 11.6 Å². The van der Waals surface area contributed by atoms with Gasteiger partial charge in [-0.15, -0.1) is 0 Å². The molecule has 1 rings (SSSR count). The van der Waals surface area contributed by atoms with E-state index >= 15 is 0 Å². The summed E-state index contributed by atoms with van der Waals surface area (Å²) in [5, 5.41) is 9.73. The fraction of sp³-hybridized carbons (Fsp3) is 0.533. The van der Waals surface area contributed by atoms with Crippen LogP contribution in [-0.4, -0.2) is 35.1 Å². The largest absolute Gasteiger partial charge is 0.395 e. The maximum atomic E-state index is 12.6. The molecule has 0 aliphatic carbocycles. The molecule has 0 saturated carbocycles. The highest BCUT2D eigenvalue weighted by Gasteiger charge is 2.23. The van der Waals surface area contributed by atoms with Gasteiger partial charge in [0.05, 0.1) is 6.61 Å². The van der Waals surface area contributed by atoms with Crippen LogP contribution in [0.5, 0.6) is 0 Å². The summed E-state index contributed by atoms with van der Waals surface area (Å²) in [5.41, 5.74) is 1.52. The van der Waals surface area contributed by atoms with Gasteiger partial charge >= 0.3 is 0 Å². The van der Waals surface area contributed by atoms with Crippen LogP contribution in [-0.2, 0) is 0 Å². The molecule has 1 aromatic carbocycles. The van der Waals surface area contributed by atoms with E-state index in [0.29, 0.717) is 17.1 Å². The zero-order valence-electron chi connectivity index (χ0n) is 11.8. The van der Waals surface area contributed by atoms with Gasteiger partial charge in [-0.1, -0.05) is 31.5 Å². The summed E-state index contributed by atoms with van der Waals surface area (Å²) < 4.78 is 0. The van der Waals surface area contributed by atoms with Crippen LogP contribution in [0.1, 0.15) is 42.6 Å². The topological polar surface area (TPSA) is 40.5 Å². The summed E-state index contributed by atoms with van der Waals surface area (Å²) in [6.07, 6.45) is 1.75. The molecule has 0 spiro atoms. The number of hydrogen-bond donors (Lipinski definition) is 1. The fourth-order valence-electron chi connectivity index (χ4n) is 2.27. The first-order valence-electron chi connectivity index (χ1n) is 6.73. The minimum atomic E-state index is -0.0530. The van der Waals surface area contributed by atoms with Crippen LogP contribution in [0.15, 0.2) is 18.2 Å². The predicted molar refractivity (Wildman–Crippen MR) is 78.7 cm³/mol. The molecule has 0 atom stereocenters. The molecule has 1 N–H and O–H groups in total. The van der Waals surface area contributed by atoms with Crippen molar-refractivity contribution in [2.75, 3.05) is 13.2 Å². The number of aryl methyl sites for hydroxylation is 1. The molecule has 0 aromatic heterocycles. The highest BCUT2D eigenvalue weighted by atomic mass is 35.5. The van der Waals surface area contributed by atoms with Gasteiger partial charge in [0.15, 0.2) is 0 Å². The van der Waals surface area contributed by atoms with Crippen molar-refractivity contribution in [2.45, 2.75) is 39.7 Å². The third-order valence-electron chi connectivity index (χ3n) is 3.42. The number of carbonyl (C=O) groups is 1. The van der Waals surface area contributed by atoms with Gasteiger partial charge in [-0.05, 0) is 37.5 Å². The Bertz CT molecular complexity index is 430. The maximum Gasteiger partial charge on any atom is 0.254 e. The number of benzene rings is 1. The lowest BCUT2D eigenvalue weighted by Gasteiger charge is -2.30. The summed E-state index contributed by atoms with van der Waals surface area (Å²) in [6.45, 7) is 6.33. The highest BCUT2D eigenvalue weighted by Crippen LogP contribution is 2.20. The van der Waals surface area contributed by atoms with Crippen LogP contribution < -0.4 is 0 Å². The number of amides is 1. The van der Waals surface area contributed by atoms with E-state index in [1.165, 1.54) is 0 Å². The lowest BCUT2D eigenvalue weighted by molar-refractivity contribution is 0.0621. The van der Waals surface area contributed by atoms with E-state index in [1.54, 1.807) is 17.0 Å². The molecule has 106 valence electrons. The Morgan fingerprint density at radius 3 is 2.53 bits per heavy atom. The summed E-state index contributed by atoms with van der Waals surface area (Å²) in [7, 11) is 0. The van der Waals surface area contributed by atoms with Crippen molar-refractivity contribution < 1.29 is 9.90 Å². The molecule has 0 saturated heterocycles. The third kappa shape index (κ3) is 3.95. The number of hydrogen-bond acceptors (Lipinski definition) is 2. The van der Waals surface area contributed by atoms with Crippen molar-refractivity contribution >= 4 is 17.5 Å². The van der Waals surface area contributed by atoms with Crippen molar-refractivity contribution in [3.63, 3.8) is 0 Å². The molecule has 3 nitrogen and oxygen atoms in total. The molecule has 0 bridgehead atoms. The Kier molecular flexibility index (Phi) is 6.32. The zero-order valence-corrected chi connectivity index (χ0v) is 12.6. The second kappa shape index (κ2) is 7.51. The average Bonchev–Trinajstić information content (AvgIpc) is 2.41. The maximum absolute atomic E-state index is 12.6. The Labute approximate surface area is 120 Å². The van der Waals surface area contributed by atoms with E-state index in [2.05, 4.69) is 13.8 Å². The van der Waals surface area contributed by atoms with Gasteiger partial charge in [0.25, 0.3) is 5.91 Å². The third-order valence-corrected chi connectivity index (χ3v) is 3.65. The number of carbonyl (C=O) groups excluding carboxylic acids is 1. The molecule has 0 radical (unpaired) electrons. The average molecular weight is 284 g/mol. The molecule has 0 heterocycles. The minimum absolute atomic E-state index is 0.0259. The molecule has 19 heavy (non-hydrogen) atoms. The molecular weight excluding hydrogens is 262 g/mol. The van der Waals surface area contributed by atoms with Crippen molar-refractivity contribution in [2.24, 2.45) is 0 Å². The van der Waals surface area contributed by atoms with Crippen molar-refractivity contribution in [1.82, 2.24) is 4.90 Å². The number of nitrogens with zero attached hydrogens (tertiary/aromatic N) is 1. The van der Waals surface area contributed by atoms with E-state index < -0.39 is 0 Å². The van der Waals surface area contributed by atoms with E-state index in [4.69, 9.17) is 11.6 Å². The first-order valence-corrected chi connectivity index (χ1v) is 7.10. The van der Waals surface area contributed by atoms with E-state index in [9.17, 15) is 9.90 Å². The van der Waals surface area contributed by atoms with E-state index in [1.807, 2.05) is 13.0 Å². The van der Waals surface area contributed by atoms with Gasteiger partial charge in [-0.3, -0.25) is 4.79 Å². The van der Waals surface area contributed by atoms with Gasteiger partial charge in [0.2, 0.25) is 0 Å². The van der Waals surface area contributed by atoms with Crippen LogP contribution in [0.3, 0.4) is 0 Å². The lowest BCUT2D eigenvalue weighted by atomic mass is 10.0. The smallest absolute Gasteiger partial charge is 0.254 e. The van der Waals surface area contributed by atoms with Crippen LogP contribution in [0.25, 0.3) is 0 Å². The lowest BCUT2D eigenvalue weighted by Crippen LogP contribution is -2.41. The Morgan fingerprint density at radius 1 is 1.37 bits per heavy atom. The number of rotatable bonds is 6. The molecule has 1 amide bonds. The number of aliphatic hydroxyl groups is 1. The Morgan fingerprint density at radius 2 is 2.00 bits per heavy atom. The van der Waals surface area contributed by atoms with Crippen molar-refractivity contribution in [1.29, 1.82) is 0 Å². The van der Waals surface area contributed by atoms with Gasteiger partial charge < -0.3 is 10.0 Å². The van der Waals surface area contributed by atoms with Crippen molar-refractivity contribution in [3.05, 3.63) is 34.3 Å². The Balaban J connectivity index is 3.08. The van der Waals surface area contributed by atoms with E-state index in [-0.39, 0.29) is 18.6 Å². The molecule has 0 unspecified atom stereocenters. The fourth-order valence-corrected chi connectivity index (χ4v) is 2.44. The number of halogens is 1. The number of aliphatic hydroxyl groups excluding tert-OH is 1. The van der Waals surface area contributed by atoms with Gasteiger partial charge in [0.1, 0.15) is 0 Å². The first-order chi connectivity index (χ1) is 9.04. The Hall–Kier alpha value is -1.06. The van der Waals surface area contributed by atoms with Crippen LogP contribution in [0.4, 0.5) is 0 Å². The monoisotopic (exact) mass is 283 g/mol. The normalized spacial score (nSPS) is 10.8.